The van der Waals surface area contributed by atoms with Crippen molar-refractivity contribution >= 4 is 6.34 Å². The maximum absolute atomic E-state index is 4.09. The Kier molecular flexibility index (Phi) is 3.76. The molecule has 0 radical (unpaired) electrons. The van der Waals surface area contributed by atoms with E-state index in [1.165, 1.54) is 5.57 Å². The number of nitrogens with one attached hydrogen (secondary N) is 1. The van der Waals surface area contributed by atoms with Gasteiger partial charge in [0.2, 0.25) is 0 Å². The van der Waals surface area contributed by atoms with Gasteiger partial charge < -0.3 is 5.32 Å². The molecule has 0 bridgehead atoms. The van der Waals surface area contributed by atoms with Crippen molar-refractivity contribution in [3.8, 4) is 0 Å². The quantitative estimate of drug-likeness (QED) is 0.440. The van der Waals surface area contributed by atoms with Crippen molar-refractivity contribution in [2.24, 2.45) is 4.99 Å². The predicted octanol–water partition coefficient (Wildman–Crippen LogP) is 1.55. The molecule has 0 spiro atoms. The summed E-state index contributed by atoms with van der Waals surface area (Å²) in [5.74, 6) is 0. The van der Waals surface area contributed by atoms with E-state index in [-0.39, 0.29) is 0 Å². The molecular formula is C7H14N2. The Balaban J connectivity index is 3.91. The molecule has 2 heteroatoms. The van der Waals surface area contributed by atoms with Gasteiger partial charge in [0.15, 0.2) is 0 Å². The molecule has 0 aromatic rings. The lowest BCUT2D eigenvalue weighted by Gasteiger charge is -1.93. The molecule has 2 nitrogen and oxygen atoms in total. The number of nitrogens with zero attached hydrogens (tertiary/aromatic N) is 1. The zero-order chi connectivity index (χ0) is 7.28. The minimum Gasteiger partial charge on any atom is -0.379 e. The minimum absolute atomic E-state index is 1.07. The van der Waals surface area contributed by atoms with Crippen LogP contribution in [0.4, 0.5) is 0 Å². The van der Waals surface area contributed by atoms with E-state index in [4.69, 9.17) is 0 Å². The van der Waals surface area contributed by atoms with E-state index >= 15 is 0 Å². The lowest BCUT2D eigenvalue weighted by atomic mass is 10.3. The van der Waals surface area contributed by atoms with Crippen LogP contribution >= 0.6 is 0 Å². The monoisotopic (exact) mass is 126 g/mol. The van der Waals surface area contributed by atoms with E-state index in [1.54, 1.807) is 6.34 Å². The van der Waals surface area contributed by atoms with Gasteiger partial charge in [0.1, 0.15) is 0 Å². The SMILES string of the molecule is CN/C=N\C(C)=C(C)C. The Hall–Kier alpha value is -0.790. The van der Waals surface area contributed by atoms with Crippen LogP contribution in [0.1, 0.15) is 20.8 Å². The minimum atomic E-state index is 1.07. The maximum atomic E-state index is 4.09. The molecule has 0 saturated carbocycles. The van der Waals surface area contributed by atoms with Gasteiger partial charge in [-0.25, -0.2) is 4.99 Å². The molecule has 0 aromatic heterocycles. The van der Waals surface area contributed by atoms with Crippen LogP contribution in [-0.4, -0.2) is 13.4 Å². The van der Waals surface area contributed by atoms with Crippen molar-refractivity contribution < 1.29 is 0 Å². The molecule has 0 aliphatic rings. The number of hydrogen-bond donors (Lipinski definition) is 1. The van der Waals surface area contributed by atoms with Gasteiger partial charge in [0, 0.05) is 12.7 Å². The summed E-state index contributed by atoms with van der Waals surface area (Å²) in [5.41, 5.74) is 2.32. The molecule has 0 heterocycles. The van der Waals surface area contributed by atoms with Crippen LogP contribution in [0.3, 0.4) is 0 Å². The summed E-state index contributed by atoms with van der Waals surface area (Å²) in [6.45, 7) is 6.08. The molecule has 9 heavy (non-hydrogen) atoms. The van der Waals surface area contributed by atoms with Gasteiger partial charge >= 0.3 is 0 Å². The summed E-state index contributed by atoms with van der Waals surface area (Å²) in [5, 5.41) is 2.83. The molecule has 0 fully saturated rings. The van der Waals surface area contributed by atoms with Crippen molar-refractivity contribution in [1.29, 1.82) is 0 Å². The fourth-order valence-corrected chi connectivity index (χ4v) is 0.290. The molecule has 0 rings (SSSR count). The summed E-state index contributed by atoms with van der Waals surface area (Å²) in [6, 6.07) is 0. The average Bonchev–Trinajstić information content (AvgIpc) is 1.82. The summed E-state index contributed by atoms with van der Waals surface area (Å²) < 4.78 is 0. The molecule has 0 aromatic carbocycles. The third-order valence-corrected chi connectivity index (χ3v) is 1.11. The first-order valence-corrected chi connectivity index (χ1v) is 3.02. The molecule has 0 unspecified atom stereocenters. The second kappa shape index (κ2) is 4.13. The van der Waals surface area contributed by atoms with Crippen LogP contribution < -0.4 is 5.32 Å². The second-order valence-electron chi connectivity index (χ2n) is 2.13. The van der Waals surface area contributed by atoms with Crippen molar-refractivity contribution in [1.82, 2.24) is 5.32 Å². The highest BCUT2D eigenvalue weighted by Gasteiger charge is 1.82. The third-order valence-electron chi connectivity index (χ3n) is 1.11. The van der Waals surface area contributed by atoms with Crippen LogP contribution in [0, 0.1) is 0 Å². The smallest absolute Gasteiger partial charge is 0.0879 e. The molecule has 1 N–H and O–H groups in total. The summed E-state index contributed by atoms with van der Waals surface area (Å²) >= 11 is 0. The number of hydrogen-bond acceptors (Lipinski definition) is 1. The maximum Gasteiger partial charge on any atom is 0.0879 e. The van der Waals surface area contributed by atoms with E-state index in [1.807, 2.05) is 27.8 Å². The lowest BCUT2D eigenvalue weighted by molar-refractivity contribution is 1.14. The van der Waals surface area contributed by atoms with Crippen LogP contribution in [0.15, 0.2) is 16.3 Å². The highest BCUT2D eigenvalue weighted by Crippen LogP contribution is 2.00. The zero-order valence-corrected chi connectivity index (χ0v) is 6.52. The van der Waals surface area contributed by atoms with Crippen molar-refractivity contribution in [2.45, 2.75) is 20.8 Å². The molecule has 0 atom stereocenters. The topological polar surface area (TPSA) is 24.4 Å². The predicted molar refractivity (Wildman–Crippen MR) is 41.6 cm³/mol. The second-order valence-corrected chi connectivity index (χ2v) is 2.13. The Morgan fingerprint density at radius 3 is 2.22 bits per heavy atom. The first-order valence-electron chi connectivity index (χ1n) is 3.02. The third kappa shape index (κ3) is 3.76. The van der Waals surface area contributed by atoms with Crippen LogP contribution in [0.5, 0.6) is 0 Å². The number of aliphatic imine (C=N–C) groups is 1. The lowest BCUT2D eigenvalue weighted by Crippen LogP contribution is -2.00. The van der Waals surface area contributed by atoms with E-state index in [2.05, 4.69) is 10.3 Å². The van der Waals surface area contributed by atoms with Gasteiger partial charge in [-0.3, -0.25) is 0 Å². The first-order chi connectivity index (χ1) is 4.18. The first kappa shape index (κ1) is 8.21. The molecule has 52 valence electrons. The Bertz CT molecular complexity index is 130. The highest BCUT2D eigenvalue weighted by molar-refractivity contribution is 5.55. The van der Waals surface area contributed by atoms with Crippen LogP contribution in [0.2, 0.25) is 0 Å². The van der Waals surface area contributed by atoms with E-state index < -0.39 is 0 Å². The Morgan fingerprint density at radius 2 is 1.89 bits per heavy atom. The number of rotatable bonds is 2. The van der Waals surface area contributed by atoms with Gasteiger partial charge in [-0.2, -0.15) is 0 Å². The molecule has 0 aliphatic heterocycles. The van der Waals surface area contributed by atoms with Crippen molar-refractivity contribution in [3.63, 3.8) is 0 Å². The average molecular weight is 126 g/mol. The van der Waals surface area contributed by atoms with Gasteiger partial charge in [0.05, 0.1) is 6.34 Å². The zero-order valence-electron chi connectivity index (χ0n) is 6.52. The van der Waals surface area contributed by atoms with E-state index in [9.17, 15) is 0 Å². The molecule has 0 amide bonds. The van der Waals surface area contributed by atoms with Crippen molar-refractivity contribution in [3.05, 3.63) is 11.3 Å². The number of allylic oxidation sites excluding steroid dienone is 2. The van der Waals surface area contributed by atoms with E-state index in [0.29, 0.717) is 0 Å². The molecular weight excluding hydrogens is 112 g/mol. The van der Waals surface area contributed by atoms with Crippen LogP contribution in [-0.2, 0) is 0 Å². The van der Waals surface area contributed by atoms with Gasteiger partial charge in [0.25, 0.3) is 0 Å². The summed E-state index contributed by atoms with van der Waals surface area (Å²) in [6.07, 6.45) is 1.68. The van der Waals surface area contributed by atoms with Crippen LogP contribution in [0.25, 0.3) is 0 Å². The van der Waals surface area contributed by atoms with Gasteiger partial charge in [-0.15, -0.1) is 0 Å². The van der Waals surface area contributed by atoms with Gasteiger partial charge in [-0.1, -0.05) is 5.57 Å². The van der Waals surface area contributed by atoms with E-state index in [0.717, 1.165) is 5.70 Å². The normalized spacial score (nSPS) is 9.78. The standard InChI is InChI=1S/C7H14N2/c1-6(2)7(3)9-5-8-4/h5H,1-4H3,(H,8,9). The Labute approximate surface area is 56.7 Å². The van der Waals surface area contributed by atoms with Crippen molar-refractivity contribution in [2.75, 3.05) is 7.05 Å². The largest absolute Gasteiger partial charge is 0.379 e. The Morgan fingerprint density at radius 1 is 1.33 bits per heavy atom. The van der Waals surface area contributed by atoms with Gasteiger partial charge in [-0.05, 0) is 20.8 Å². The highest BCUT2D eigenvalue weighted by atomic mass is 14.9. The molecule has 0 saturated heterocycles. The molecule has 0 aliphatic carbocycles. The summed E-state index contributed by atoms with van der Waals surface area (Å²) in [7, 11) is 1.84. The summed E-state index contributed by atoms with van der Waals surface area (Å²) in [4.78, 5) is 4.09. The fourth-order valence-electron chi connectivity index (χ4n) is 0.290. The fraction of sp³-hybridized carbons (Fsp3) is 0.571.